The van der Waals surface area contributed by atoms with Crippen molar-refractivity contribution in [2.75, 3.05) is 26.3 Å². The maximum Gasteiger partial charge on any atom is 0.277 e. The van der Waals surface area contributed by atoms with Crippen LogP contribution in [0.3, 0.4) is 0 Å². The molecule has 6 nitrogen and oxygen atoms in total. The Hall–Kier alpha value is -1.91. The summed E-state index contributed by atoms with van der Waals surface area (Å²) in [5.41, 5.74) is 3.40. The smallest absolute Gasteiger partial charge is 0.271 e. The highest BCUT2D eigenvalue weighted by Gasteiger charge is 2.15. The molecule has 0 aliphatic heterocycles. The Kier molecular flexibility index (Phi) is 12.6. The fraction of sp³-hybridized carbons (Fsp3) is 0.400. The SMILES string of the molecule is CCON(CC)C(=O)c1ccc(CSC(=S)SCc2ccc(C(=O)N(CC)OCC)cc2)cc1. The molecule has 2 amide bonds. The van der Waals surface area contributed by atoms with Gasteiger partial charge in [-0.25, -0.2) is 10.1 Å². The zero-order chi connectivity index (χ0) is 24.9. The third kappa shape index (κ3) is 8.70. The van der Waals surface area contributed by atoms with Gasteiger partial charge in [-0.2, -0.15) is 0 Å². The molecular formula is C25H32N2O4S3. The Morgan fingerprint density at radius 1 is 0.706 bits per heavy atom. The summed E-state index contributed by atoms with van der Waals surface area (Å²) < 4.78 is 0.849. The molecule has 0 aliphatic rings. The van der Waals surface area contributed by atoms with E-state index < -0.39 is 0 Å². The van der Waals surface area contributed by atoms with E-state index in [1.165, 1.54) is 10.1 Å². The van der Waals surface area contributed by atoms with Crippen molar-refractivity contribution < 1.29 is 19.3 Å². The zero-order valence-corrected chi connectivity index (χ0v) is 22.6. The molecule has 184 valence electrons. The van der Waals surface area contributed by atoms with Crippen molar-refractivity contribution in [3.05, 3.63) is 70.8 Å². The Labute approximate surface area is 216 Å². The molecule has 0 heterocycles. The molecule has 2 aromatic carbocycles. The van der Waals surface area contributed by atoms with E-state index in [0.717, 1.165) is 26.2 Å². The van der Waals surface area contributed by atoms with Gasteiger partial charge >= 0.3 is 0 Å². The number of thiocarbonyl (C=S) groups is 1. The van der Waals surface area contributed by atoms with E-state index in [2.05, 4.69) is 0 Å². The highest BCUT2D eigenvalue weighted by atomic mass is 32.2. The molecule has 0 radical (unpaired) electrons. The normalized spacial score (nSPS) is 10.7. The first-order chi connectivity index (χ1) is 16.4. The maximum atomic E-state index is 12.4. The first-order valence-corrected chi connectivity index (χ1v) is 13.7. The second kappa shape index (κ2) is 15.2. The second-order valence-electron chi connectivity index (χ2n) is 7.06. The molecule has 34 heavy (non-hydrogen) atoms. The van der Waals surface area contributed by atoms with Crippen LogP contribution in [0.5, 0.6) is 0 Å². The fourth-order valence-electron chi connectivity index (χ4n) is 3.00. The fourth-order valence-corrected chi connectivity index (χ4v) is 4.99. The van der Waals surface area contributed by atoms with Gasteiger partial charge in [0.15, 0.2) is 0 Å². The minimum atomic E-state index is -0.136. The number of thioether (sulfide) groups is 2. The zero-order valence-electron chi connectivity index (χ0n) is 20.1. The minimum absolute atomic E-state index is 0.136. The molecule has 0 N–H and O–H groups in total. The van der Waals surface area contributed by atoms with E-state index in [9.17, 15) is 9.59 Å². The summed E-state index contributed by atoms with van der Waals surface area (Å²) in [5, 5.41) is 2.74. The van der Waals surface area contributed by atoms with Crippen molar-refractivity contribution in [1.82, 2.24) is 10.1 Å². The van der Waals surface area contributed by atoms with Crippen molar-refractivity contribution in [3.8, 4) is 0 Å². The summed E-state index contributed by atoms with van der Waals surface area (Å²) >= 11 is 8.72. The number of amides is 2. The van der Waals surface area contributed by atoms with Crippen LogP contribution in [0.1, 0.15) is 59.5 Å². The lowest BCUT2D eigenvalue weighted by Crippen LogP contribution is -2.30. The summed E-state index contributed by atoms with van der Waals surface area (Å²) in [6, 6.07) is 15.1. The van der Waals surface area contributed by atoms with Crippen molar-refractivity contribution in [1.29, 1.82) is 0 Å². The van der Waals surface area contributed by atoms with Gasteiger partial charge in [-0.3, -0.25) is 19.3 Å². The molecule has 0 saturated carbocycles. The van der Waals surface area contributed by atoms with Gasteiger partial charge in [-0.15, -0.1) is 23.5 Å². The van der Waals surface area contributed by atoms with Crippen molar-refractivity contribution >= 4 is 51.1 Å². The second-order valence-corrected chi connectivity index (χ2v) is 10.2. The topological polar surface area (TPSA) is 59.1 Å². The number of nitrogens with zero attached hydrogens (tertiary/aromatic N) is 2. The predicted octanol–water partition coefficient (Wildman–Crippen LogP) is 5.97. The maximum absolute atomic E-state index is 12.4. The lowest BCUT2D eigenvalue weighted by Gasteiger charge is -2.19. The molecule has 0 spiro atoms. The predicted molar refractivity (Wildman–Crippen MR) is 145 cm³/mol. The van der Waals surface area contributed by atoms with Crippen LogP contribution in [-0.4, -0.2) is 51.8 Å². The highest BCUT2D eigenvalue weighted by Crippen LogP contribution is 2.25. The van der Waals surface area contributed by atoms with Crippen LogP contribution < -0.4 is 0 Å². The van der Waals surface area contributed by atoms with E-state index in [1.54, 1.807) is 23.5 Å². The molecule has 9 heteroatoms. The van der Waals surface area contributed by atoms with Crippen LogP contribution in [0.25, 0.3) is 0 Å². The van der Waals surface area contributed by atoms with E-state index in [-0.39, 0.29) is 11.8 Å². The van der Waals surface area contributed by atoms with Crippen LogP contribution >= 0.6 is 35.7 Å². The highest BCUT2D eigenvalue weighted by molar-refractivity contribution is 8.46. The van der Waals surface area contributed by atoms with Crippen LogP contribution in [0.4, 0.5) is 0 Å². The van der Waals surface area contributed by atoms with Gasteiger partial charge in [0.05, 0.1) is 13.2 Å². The number of hydrogen-bond donors (Lipinski definition) is 0. The van der Waals surface area contributed by atoms with E-state index in [1.807, 2.05) is 76.2 Å². The average Bonchev–Trinajstić information content (AvgIpc) is 2.87. The largest absolute Gasteiger partial charge is 0.277 e. The molecule has 0 aromatic heterocycles. The third-order valence-electron chi connectivity index (χ3n) is 4.71. The van der Waals surface area contributed by atoms with Crippen molar-refractivity contribution in [2.24, 2.45) is 0 Å². The quantitative estimate of drug-likeness (QED) is 0.253. The third-order valence-corrected chi connectivity index (χ3v) is 7.55. The first kappa shape index (κ1) is 28.3. The van der Waals surface area contributed by atoms with Crippen LogP contribution in [0.15, 0.2) is 48.5 Å². The van der Waals surface area contributed by atoms with Crippen LogP contribution in [0.2, 0.25) is 0 Å². The van der Waals surface area contributed by atoms with Crippen molar-refractivity contribution in [2.45, 2.75) is 39.2 Å². The number of carbonyl (C=O) groups is 2. The van der Waals surface area contributed by atoms with Gasteiger partial charge in [-0.05, 0) is 63.1 Å². The van der Waals surface area contributed by atoms with Gasteiger partial charge in [0.2, 0.25) is 0 Å². The molecule has 0 aliphatic carbocycles. The van der Waals surface area contributed by atoms with E-state index in [0.29, 0.717) is 37.4 Å². The molecule has 0 atom stereocenters. The summed E-state index contributed by atoms with van der Waals surface area (Å²) in [5.74, 6) is 1.20. The molecule has 0 bridgehead atoms. The van der Waals surface area contributed by atoms with E-state index in [4.69, 9.17) is 21.9 Å². The van der Waals surface area contributed by atoms with Crippen LogP contribution in [-0.2, 0) is 21.2 Å². The van der Waals surface area contributed by atoms with Crippen LogP contribution in [0, 0.1) is 0 Å². The summed E-state index contributed by atoms with van der Waals surface area (Å²) in [6.45, 7) is 9.39. The van der Waals surface area contributed by atoms with Gasteiger partial charge in [0, 0.05) is 35.7 Å². The minimum Gasteiger partial charge on any atom is -0.271 e. The van der Waals surface area contributed by atoms with Gasteiger partial charge in [-0.1, -0.05) is 36.5 Å². The molecule has 0 unspecified atom stereocenters. The molecular weight excluding hydrogens is 488 g/mol. The standard InChI is InChI=1S/C25H32N2O4S3/c1-5-26(30-7-3)23(28)21-13-9-19(10-14-21)17-33-25(32)34-18-20-11-15-22(16-12-20)24(29)27(6-2)31-8-4/h9-16H,5-8,17-18H2,1-4H3. The summed E-state index contributed by atoms with van der Waals surface area (Å²) in [6.07, 6.45) is 0. The monoisotopic (exact) mass is 520 g/mol. The van der Waals surface area contributed by atoms with Gasteiger partial charge < -0.3 is 0 Å². The lowest BCUT2D eigenvalue weighted by atomic mass is 10.1. The molecule has 2 rings (SSSR count). The Bertz CT molecular complexity index is 861. The lowest BCUT2D eigenvalue weighted by molar-refractivity contribution is -0.115. The molecule has 0 saturated heterocycles. The van der Waals surface area contributed by atoms with Gasteiger partial charge in [0.1, 0.15) is 3.53 Å². The molecule has 0 fully saturated rings. The average molecular weight is 521 g/mol. The van der Waals surface area contributed by atoms with Gasteiger partial charge in [0.25, 0.3) is 11.8 Å². The van der Waals surface area contributed by atoms with Crippen molar-refractivity contribution in [3.63, 3.8) is 0 Å². The first-order valence-electron chi connectivity index (χ1n) is 11.3. The summed E-state index contributed by atoms with van der Waals surface area (Å²) in [4.78, 5) is 35.6. The number of benzene rings is 2. The number of rotatable bonds is 12. The Morgan fingerprint density at radius 3 is 1.35 bits per heavy atom. The number of hydrogen-bond acceptors (Lipinski definition) is 7. The molecule has 2 aromatic rings. The Balaban J connectivity index is 1.81. The number of hydroxylamine groups is 4. The number of carbonyl (C=O) groups excluding carboxylic acids is 2. The summed E-state index contributed by atoms with van der Waals surface area (Å²) in [7, 11) is 0. The Morgan fingerprint density at radius 2 is 1.06 bits per heavy atom. The van der Waals surface area contributed by atoms with E-state index >= 15 is 0 Å².